The lowest BCUT2D eigenvalue weighted by molar-refractivity contribution is -0.0328. The van der Waals surface area contributed by atoms with E-state index in [1.54, 1.807) is 0 Å². The maximum absolute atomic E-state index is 13.0. The molecule has 0 amide bonds. The monoisotopic (exact) mass is 316 g/mol. The van der Waals surface area contributed by atoms with Gasteiger partial charge in [-0.25, -0.2) is 4.39 Å². The maximum Gasteiger partial charge on any atom is 0.446 e. The molecule has 0 unspecified atom stereocenters. The van der Waals surface area contributed by atoms with Crippen LogP contribution >= 0.6 is 27.7 Å². The predicted molar refractivity (Wildman–Crippen MR) is 60.4 cm³/mol. The highest BCUT2D eigenvalue weighted by molar-refractivity contribution is 9.09. The lowest BCUT2D eigenvalue weighted by atomic mass is 10.1. The van der Waals surface area contributed by atoms with Crippen LogP contribution in [-0.4, -0.2) is 10.8 Å². The summed E-state index contributed by atoms with van der Waals surface area (Å²) in [5, 5.41) is 0.741. The zero-order valence-electron chi connectivity index (χ0n) is 8.15. The first kappa shape index (κ1) is 13.8. The molecule has 0 atom stereocenters. The van der Waals surface area contributed by atoms with Crippen molar-refractivity contribution >= 4 is 27.7 Å². The molecule has 0 heterocycles. The highest BCUT2D eigenvalue weighted by atomic mass is 79.9. The van der Waals surface area contributed by atoms with Crippen molar-refractivity contribution in [2.45, 2.75) is 23.2 Å². The number of hydrogen-bond acceptors (Lipinski definition) is 1. The van der Waals surface area contributed by atoms with Crippen molar-refractivity contribution in [1.29, 1.82) is 0 Å². The smallest absolute Gasteiger partial charge is 0.207 e. The normalized spacial score (nSPS) is 11.8. The molecule has 16 heavy (non-hydrogen) atoms. The molecular weight excluding hydrogens is 308 g/mol. The number of alkyl halides is 4. The summed E-state index contributed by atoms with van der Waals surface area (Å²) in [5.74, 6) is -0.626. The molecule has 1 aromatic rings. The van der Waals surface area contributed by atoms with Crippen LogP contribution in [0.4, 0.5) is 17.6 Å². The lowest BCUT2D eigenvalue weighted by Crippen LogP contribution is -2.00. The summed E-state index contributed by atoms with van der Waals surface area (Å²) in [6, 6.07) is 3.54. The second kappa shape index (κ2) is 5.91. The predicted octanol–water partition coefficient (Wildman–Crippen LogP) is 4.77. The second-order valence-electron chi connectivity index (χ2n) is 3.14. The molecule has 90 valence electrons. The summed E-state index contributed by atoms with van der Waals surface area (Å²) < 4.78 is 49.3. The Morgan fingerprint density at radius 1 is 1.19 bits per heavy atom. The van der Waals surface area contributed by atoms with E-state index in [1.165, 1.54) is 12.1 Å². The summed E-state index contributed by atoms with van der Waals surface area (Å²) in [6.07, 6.45) is 1.33. The third-order valence-electron chi connectivity index (χ3n) is 1.76. The number of thioether (sulfide) groups is 1. The molecule has 6 heteroatoms. The first-order chi connectivity index (χ1) is 7.40. The van der Waals surface area contributed by atoms with E-state index in [0.29, 0.717) is 12.0 Å². The van der Waals surface area contributed by atoms with Crippen molar-refractivity contribution in [1.82, 2.24) is 0 Å². The highest BCUT2D eigenvalue weighted by Gasteiger charge is 2.29. The van der Waals surface area contributed by atoms with Crippen molar-refractivity contribution in [3.63, 3.8) is 0 Å². The molecule has 1 aromatic carbocycles. The average molecular weight is 317 g/mol. The molecule has 0 bridgehead atoms. The quantitative estimate of drug-likeness (QED) is 0.438. The number of rotatable bonds is 4. The van der Waals surface area contributed by atoms with Gasteiger partial charge in [0.05, 0.1) is 0 Å². The minimum Gasteiger partial charge on any atom is -0.207 e. The minimum atomic E-state index is -4.37. The van der Waals surface area contributed by atoms with Crippen LogP contribution in [0.15, 0.2) is 23.1 Å². The fraction of sp³-hybridized carbons (Fsp3) is 0.400. The average Bonchev–Trinajstić information content (AvgIpc) is 2.10. The van der Waals surface area contributed by atoms with Gasteiger partial charge in [-0.2, -0.15) is 13.2 Å². The van der Waals surface area contributed by atoms with Crippen LogP contribution in [0.25, 0.3) is 0 Å². The number of hydrogen-bond donors (Lipinski definition) is 0. The fourth-order valence-corrected chi connectivity index (χ4v) is 2.16. The molecule has 0 aliphatic rings. The van der Waals surface area contributed by atoms with Gasteiger partial charge in [-0.05, 0) is 48.4 Å². The Labute approximate surface area is 104 Å². The summed E-state index contributed by atoms with van der Waals surface area (Å²) in [5.41, 5.74) is -3.79. The van der Waals surface area contributed by atoms with Crippen LogP contribution in [0.2, 0.25) is 0 Å². The Morgan fingerprint density at radius 2 is 1.88 bits per heavy atom. The van der Waals surface area contributed by atoms with Crippen molar-refractivity contribution in [2.24, 2.45) is 0 Å². The van der Waals surface area contributed by atoms with E-state index in [2.05, 4.69) is 15.9 Å². The van der Waals surface area contributed by atoms with E-state index in [4.69, 9.17) is 0 Å². The molecule has 0 radical (unpaired) electrons. The molecule has 0 spiro atoms. The molecular formula is C10H9BrF4S. The molecule has 0 aromatic heterocycles. The van der Waals surface area contributed by atoms with E-state index in [0.717, 1.165) is 17.8 Å². The molecule has 0 fully saturated rings. The van der Waals surface area contributed by atoms with Crippen molar-refractivity contribution in [3.05, 3.63) is 29.6 Å². The number of benzene rings is 1. The van der Waals surface area contributed by atoms with E-state index >= 15 is 0 Å². The summed E-state index contributed by atoms with van der Waals surface area (Å²) in [6.45, 7) is 0. The van der Waals surface area contributed by atoms with E-state index in [-0.39, 0.29) is 16.7 Å². The SMILES string of the molecule is Fc1cc(CCCBr)cc(SC(F)(F)F)c1. The first-order valence-electron chi connectivity index (χ1n) is 4.52. The second-order valence-corrected chi connectivity index (χ2v) is 5.07. The lowest BCUT2D eigenvalue weighted by Gasteiger charge is -2.07. The third-order valence-corrected chi connectivity index (χ3v) is 3.03. The molecule has 0 nitrogen and oxygen atoms in total. The van der Waals surface area contributed by atoms with Crippen LogP contribution in [0.1, 0.15) is 12.0 Å². The fourth-order valence-electron chi connectivity index (χ4n) is 1.23. The van der Waals surface area contributed by atoms with Gasteiger partial charge in [0.1, 0.15) is 5.82 Å². The number of halogens is 5. The Bertz CT molecular complexity index is 351. The van der Waals surface area contributed by atoms with Crippen LogP contribution in [0.3, 0.4) is 0 Å². The zero-order valence-corrected chi connectivity index (χ0v) is 10.6. The first-order valence-corrected chi connectivity index (χ1v) is 6.46. The Hall–Kier alpha value is -0.230. The van der Waals surface area contributed by atoms with Gasteiger partial charge in [-0.15, -0.1) is 0 Å². The van der Waals surface area contributed by atoms with Gasteiger partial charge in [0.2, 0.25) is 0 Å². The van der Waals surface area contributed by atoms with Gasteiger partial charge in [0.25, 0.3) is 0 Å². The Kier molecular flexibility index (Phi) is 5.11. The molecule has 0 aliphatic heterocycles. The van der Waals surface area contributed by atoms with Crippen LogP contribution in [0, 0.1) is 5.82 Å². The molecule has 1 rings (SSSR count). The molecule has 0 saturated heterocycles. The maximum atomic E-state index is 13.0. The Balaban J connectivity index is 2.81. The number of aryl methyl sites for hydroxylation is 1. The summed E-state index contributed by atoms with van der Waals surface area (Å²) in [4.78, 5) is -0.0999. The molecule has 0 N–H and O–H groups in total. The van der Waals surface area contributed by atoms with Crippen molar-refractivity contribution in [3.8, 4) is 0 Å². The van der Waals surface area contributed by atoms with Gasteiger partial charge in [-0.1, -0.05) is 15.9 Å². The van der Waals surface area contributed by atoms with Crippen molar-refractivity contribution in [2.75, 3.05) is 5.33 Å². The van der Waals surface area contributed by atoms with Gasteiger partial charge in [0, 0.05) is 10.2 Å². The van der Waals surface area contributed by atoms with Gasteiger partial charge >= 0.3 is 5.51 Å². The third kappa shape index (κ3) is 5.21. The van der Waals surface area contributed by atoms with E-state index in [9.17, 15) is 17.6 Å². The highest BCUT2D eigenvalue weighted by Crippen LogP contribution is 2.37. The van der Waals surface area contributed by atoms with Crippen LogP contribution < -0.4 is 0 Å². The summed E-state index contributed by atoms with van der Waals surface area (Å²) >= 11 is 2.92. The zero-order chi connectivity index (χ0) is 12.2. The van der Waals surface area contributed by atoms with Gasteiger partial charge in [0.15, 0.2) is 0 Å². The topological polar surface area (TPSA) is 0 Å². The summed E-state index contributed by atoms with van der Waals surface area (Å²) in [7, 11) is 0. The van der Waals surface area contributed by atoms with E-state index < -0.39 is 11.3 Å². The van der Waals surface area contributed by atoms with Gasteiger partial charge in [-0.3, -0.25) is 0 Å². The standard InChI is InChI=1S/C10H9BrF4S/c11-3-1-2-7-4-8(12)6-9(5-7)16-10(13,14)15/h4-6H,1-3H2. The molecule has 0 aliphatic carbocycles. The van der Waals surface area contributed by atoms with Crippen molar-refractivity contribution < 1.29 is 17.6 Å². The van der Waals surface area contributed by atoms with Crippen LogP contribution in [-0.2, 0) is 6.42 Å². The largest absolute Gasteiger partial charge is 0.446 e. The van der Waals surface area contributed by atoms with Gasteiger partial charge < -0.3 is 0 Å². The van der Waals surface area contributed by atoms with Crippen LogP contribution in [0.5, 0.6) is 0 Å². The molecule has 0 saturated carbocycles. The minimum absolute atomic E-state index is 0.0999. The van der Waals surface area contributed by atoms with E-state index in [1.807, 2.05) is 0 Å². The Morgan fingerprint density at radius 3 is 2.44 bits per heavy atom.